The molecule has 0 aromatic heterocycles. The fourth-order valence-corrected chi connectivity index (χ4v) is 2.64. The van der Waals surface area contributed by atoms with Crippen LogP contribution in [-0.2, 0) is 11.3 Å². The zero-order valence-electron chi connectivity index (χ0n) is 12.2. The standard InChI is InChI=1S/C18H17NO2/c1-12(13(2)20)14-7-9-16(10-8-14)19-11-15-5-3-4-6-17(15)18(19)21/h3-10,12H,11H2,1-2H3/t12-/m0/s1. The molecule has 2 aromatic carbocycles. The Morgan fingerprint density at radius 2 is 1.76 bits per heavy atom. The average molecular weight is 279 g/mol. The van der Waals surface area contributed by atoms with Gasteiger partial charge in [0, 0.05) is 17.2 Å². The third-order valence-corrected chi connectivity index (χ3v) is 4.14. The van der Waals surface area contributed by atoms with Crippen LogP contribution >= 0.6 is 0 Å². The summed E-state index contributed by atoms with van der Waals surface area (Å²) in [4.78, 5) is 25.6. The van der Waals surface area contributed by atoms with Crippen LogP contribution in [0, 0.1) is 0 Å². The van der Waals surface area contributed by atoms with Crippen LogP contribution in [0.3, 0.4) is 0 Å². The average Bonchev–Trinajstić information content (AvgIpc) is 2.84. The maximum absolute atomic E-state index is 12.4. The zero-order valence-corrected chi connectivity index (χ0v) is 12.2. The van der Waals surface area contributed by atoms with Crippen molar-refractivity contribution < 1.29 is 9.59 Å². The van der Waals surface area contributed by atoms with Crippen molar-refractivity contribution in [2.45, 2.75) is 26.3 Å². The lowest BCUT2D eigenvalue weighted by Gasteiger charge is -2.17. The first-order valence-corrected chi connectivity index (χ1v) is 7.08. The number of ketones is 1. The number of amides is 1. The van der Waals surface area contributed by atoms with E-state index in [4.69, 9.17) is 0 Å². The van der Waals surface area contributed by atoms with Gasteiger partial charge in [0.25, 0.3) is 5.91 Å². The van der Waals surface area contributed by atoms with Gasteiger partial charge < -0.3 is 4.90 Å². The Morgan fingerprint density at radius 1 is 1.10 bits per heavy atom. The summed E-state index contributed by atoms with van der Waals surface area (Å²) in [7, 11) is 0. The Morgan fingerprint density at radius 3 is 2.38 bits per heavy atom. The molecule has 3 heteroatoms. The van der Waals surface area contributed by atoms with Gasteiger partial charge in [-0.2, -0.15) is 0 Å². The highest BCUT2D eigenvalue weighted by Gasteiger charge is 2.27. The molecule has 1 amide bonds. The highest BCUT2D eigenvalue weighted by molar-refractivity contribution is 6.09. The van der Waals surface area contributed by atoms with Crippen LogP contribution < -0.4 is 4.90 Å². The third-order valence-electron chi connectivity index (χ3n) is 4.14. The van der Waals surface area contributed by atoms with Crippen LogP contribution in [0.1, 0.15) is 41.3 Å². The number of hydrogen-bond donors (Lipinski definition) is 0. The summed E-state index contributed by atoms with van der Waals surface area (Å²) in [5.74, 6) is 0.0795. The number of carbonyl (C=O) groups is 2. The van der Waals surface area contributed by atoms with Crippen LogP contribution in [-0.4, -0.2) is 11.7 Å². The van der Waals surface area contributed by atoms with E-state index in [1.54, 1.807) is 11.8 Å². The Labute approximate surface area is 124 Å². The molecule has 0 unspecified atom stereocenters. The summed E-state index contributed by atoms with van der Waals surface area (Å²) in [5, 5.41) is 0. The van der Waals surface area contributed by atoms with Gasteiger partial charge >= 0.3 is 0 Å². The molecule has 1 heterocycles. The molecule has 0 N–H and O–H groups in total. The Bertz CT molecular complexity index is 703. The van der Waals surface area contributed by atoms with Gasteiger partial charge in [0.05, 0.1) is 6.54 Å². The maximum atomic E-state index is 12.4. The fourth-order valence-electron chi connectivity index (χ4n) is 2.64. The van der Waals surface area contributed by atoms with Gasteiger partial charge in [-0.15, -0.1) is 0 Å². The lowest BCUT2D eigenvalue weighted by molar-refractivity contribution is -0.118. The SMILES string of the molecule is CC(=O)[C@H](C)c1ccc(N2Cc3ccccc3C2=O)cc1. The minimum Gasteiger partial charge on any atom is -0.304 e. The summed E-state index contributed by atoms with van der Waals surface area (Å²) < 4.78 is 0. The summed E-state index contributed by atoms with van der Waals surface area (Å²) in [6, 6.07) is 15.4. The molecular formula is C18H17NO2. The highest BCUT2D eigenvalue weighted by Crippen LogP contribution is 2.29. The predicted octanol–water partition coefficient (Wildman–Crippen LogP) is 3.54. The zero-order chi connectivity index (χ0) is 15.0. The molecular weight excluding hydrogens is 262 g/mol. The van der Waals surface area contributed by atoms with Gasteiger partial charge in [-0.25, -0.2) is 0 Å². The first kappa shape index (κ1) is 13.6. The summed E-state index contributed by atoms with van der Waals surface area (Å²) >= 11 is 0. The van der Waals surface area contributed by atoms with Crippen molar-refractivity contribution in [1.82, 2.24) is 0 Å². The Balaban J connectivity index is 1.87. The van der Waals surface area contributed by atoms with Crippen molar-refractivity contribution in [2.24, 2.45) is 0 Å². The fraction of sp³-hybridized carbons (Fsp3) is 0.222. The molecule has 0 saturated heterocycles. The second kappa shape index (κ2) is 5.17. The molecule has 1 aliphatic heterocycles. The van der Waals surface area contributed by atoms with Gasteiger partial charge in [0.2, 0.25) is 0 Å². The first-order valence-electron chi connectivity index (χ1n) is 7.08. The third kappa shape index (κ3) is 2.35. The number of Topliss-reactive ketones (excluding diaryl/α,β-unsaturated/α-hetero) is 1. The van der Waals surface area contributed by atoms with Crippen molar-refractivity contribution in [3.8, 4) is 0 Å². The van der Waals surface area contributed by atoms with E-state index in [2.05, 4.69) is 0 Å². The predicted molar refractivity (Wildman–Crippen MR) is 82.5 cm³/mol. The molecule has 3 rings (SSSR count). The van der Waals surface area contributed by atoms with E-state index in [0.29, 0.717) is 6.54 Å². The smallest absolute Gasteiger partial charge is 0.258 e. The van der Waals surface area contributed by atoms with Crippen LogP contribution in [0.2, 0.25) is 0 Å². The first-order chi connectivity index (χ1) is 10.1. The quantitative estimate of drug-likeness (QED) is 0.861. The van der Waals surface area contributed by atoms with Crippen molar-refractivity contribution >= 4 is 17.4 Å². The van der Waals surface area contributed by atoms with Crippen molar-refractivity contribution in [1.29, 1.82) is 0 Å². The maximum Gasteiger partial charge on any atom is 0.258 e. The molecule has 1 aliphatic rings. The second-order valence-electron chi connectivity index (χ2n) is 5.47. The number of anilines is 1. The number of fused-ring (bicyclic) bond motifs is 1. The van der Waals surface area contributed by atoms with Gasteiger partial charge in [0.1, 0.15) is 5.78 Å². The van der Waals surface area contributed by atoms with Crippen molar-refractivity contribution in [3.05, 3.63) is 65.2 Å². The lowest BCUT2D eigenvalue weighted by Crippen LogP contribution is -2.22. The number of rotatable bonds is 3. The van der Waals surface area contributed by atoms with Crippen LogP contribution in [0.4, 0.5) is 5.69 Å². The van der Waals surface area contributed by atoms with E-state index in [1.165, 1.54) is 0 Å². The molecule has 0 spiro atoms. The molecule has 21 heavy (non-hydrogen) atoms. The number of carbonyl (C=O) groups excluding carboxylic acids is 2. The monoisotopic (exact) mass is 279 g/mol. The molecule has 0 saturated carbocycles. The largest absolute Gasteiger partial charge is 0.304 e. The summed E-state index contributed by atoms with van der Waals surface area (Å²) in [6.45, 7) is 4.10. The second-order valence-corrected chi connectivity index (χ2v) is 5.47. The summed E-state index contributed by atoms with van der Waals surface area (Å²) in [6.07, 6.45) is 0. The highest BCUT2D eigenvalue weighted by atomic mass is 16.2. The molecule has 0 fully saturated rings. The molecule has 2 aromatic rings. The minimum absolute atomic E-state index is 0.0398. The van der Waals surface area contributed by atoms with E-state index in [9.17, 15) is 9.59 Å². The van der Waals surface area contributed by atoms with Gasteiger partial charge in [0.15, 0.2) is 0 Å². The van der Waals surface area contributed by atoms with Gasteiger partial charge in [-0.05, 0) is 36.2 Å². The number of nitrogens with zero attached hydrogens (tertiary/aromatic N) is 1. The molecule has 0 bridgehead atoms. The van der Waals surface area contributed by atoms with Crippen LogP contribution in [0.5, 0.6) is 0 Å². The number of benzene rings is 2. The van der Waals surface area contributed by atoms with Crippen LogP contribution in [0.15, 0.2) is 48.5 Å². The van der Waals surface area contributed by atoms with Crippen molar-refractivity contribution in [2.75, 3.05) is 4.90 Å². The molecule has 106 valence electrons. The number of hydrogen-bond acceptors (Lipinski definition) is 2. The van der Waals surface area contributed by atoms with E-state index < -0.39 is 0 Å². The lowest BCUT2D eigenvalue weighted by atomic mass is 9.97. The summed E-state index contributed by atoms with van der Waals surface area (Å²) in [5.41, 5.74) is 3.69. The molecule has 0 radical (unpaired) electrons. The molecule has 0 aliphatic carbocycles. The van der Waals surface area contributed by atoms with Crippen molar-refractivity contribution in [3.63, 3.8) is 0 Å². The van der Waals surface area contributed by atoms with E-state index in [-0.39, 0.29) is 17.6 Å². The van der Waals surface area contributed by atoms with Crippen LogP contribution in [0.25, 0.3) is 0 Å². The van der Waals surface area contributed by atoms with Gasteiger partial charge in [-0.3, -0.25) is 9.59 Å². The van der Waals surface area contributed by atoms with E-state index in [0.717, 1.165) is 22.4 Å². The molecule has 3 nitrogen and oxygen atoms in total. The van der Waals surface area contributed by atoms with E-state index >= 15 is 0 Å². The Kier molecular flexibility index (Phi) is 3.34. The molecule has 1 atom stereocenters. The van der Waals surface area contributed by atoms with Gasteiger partial charge in [-0.1, -0.05) is 37.3 Å². The normalized spacial score (nSPS) is 15.0. The van der Waals surface area contributed by atoms with E-state index in [1.807, 2.05) is 55.5 Å². The Hall–Kier alpha value is -2.42. The topological polar surface area (TPSA) is 37.4 Å². The minimum atomic E-state index is -0.106.